The van der Waals surface area contributed by atoms with Gasteiger partial charge in [-0.2, -0.15) is 0 Å². The maximum atomic E-state index is 13.2. The molecule has 4 aromatic rings. The largest absolute Gasteiger partial charge is 0.507 e. The molecule has 1 aliphatic rings. The van der Waals surface area contributed by atoms with E-state index in [1.807, 2.05) is 54.6 Å². The van der Waals surface area contributed by atoms with Crippen LogP contribution in [0.5, 0.6) is 17.2 Å². The Bertz CT molecular complexity index is 1310. The number of hydrogen-bond acceptors (Lipinski definition) is 5. The Morgan fingerprint density at radius 3 is 1.87 bits per heavy atom. The van der Waals surface area contributed by atoms with Crippen molar-refractivity contribution >= 4 is 22.9 Å². The third-order valence-electron chi connectivity index (χ3n) is 5.17. The summed E-state index contributed by atoms with van der Waals surface area (Å²) in [5.74, 6) is 0.536. The first kappa shape index (κ1) is 18.6. The second-order valence-corrected chi connectivity index (χ2v) is 7.15. The van der Waals surface area contributed by atoms with Gasteiger partial charge in [0.05, 0.1) is 16.8 Å². The molecule has 5 heteroatoms. The van der Waals surface area contributed by atoms with E-state index >= 15 is 0 Å². The van der Waals surface area contributed by atoms with Crippen LogP contribution in [0.25, 0.3) is 0 Å². The Morgan fingerprint density at radius 1 is 0.613 bits per heavy atom. The Labute approximate surface area is 178 Å². The molecule has 0 bridgehead atoms. The molecule has 0 unspecified atom stereocenters. The number of carbonyl (C=O) groups excluding carboxylic acids is 2. The number of benzene rings is 4. The number of anilines is 2. The number of phenols is 1. The quantitative estimate of drug-likeness (QED) is 0.374. The predicted molar refractivity (Wildman–Crippen MR) is 118 cm³/mol. The molecule has 1 aliphatic carbocycles. The van der Waals surface area contributed by atoms with Crippen molar-refractivity contribution in [2.45, 2.75) is 0 Å². The topological polar surface area (TPSA) is 75.6 Å². The predicted octanol–water partition coefficient (Wildman–Crippen LogP) is 5.70. The van der Waals surface area contributed by atoms with Gasteiger partial charge in [0.2, 0.25) is 0 Å². The highest BCUT2D eigenvalue weighted by atomic mass is 16.5. The Hall–Kier alpha value is -4.38. The first-order chi connectivity index (χ1) is 15.1. The fraction of sp³-hybridized carbons (Fsp3) is 0. The van der Waals surface area contributed by atoms with E-state index in [-0.39, 0.29) is 28.4 Å². The third kappa shape index (κ3) is 3.32. The number of ether oxygens (including phenoxy) is 1. The number of hydrogen-bond donors (Lipinski definition) is 2. The molecule has 5 rings (SSSR count). The molecule has 0 aliphatic heterocycles. The molecule has 5 nitrogen and oxygen atoms in total. The summed E-state index contributed by atoms with van der Waals surface area (Å²) in [7, 11) is 0. The van der Waals surface area contributed by atoms with Crippen LogP contribution in [0.2, 0.25) is 0 Å². The van der Waals surface area contributed by atoms with Crippen LogP contribution in [-0.4, -0.2) is 16.7 Å². The van der Waals surface area contributed by atoms with Gasteiger partial charge in [0.1, 0.15) is 17.2 Å². The molecule has 0 saturated heterocycles. The van der Waals surface area contributed by atoms with Crippen molar-refractivity contribution in [3.63, 3.8) is 0 Å². The molecule has 0 amide bonds. The molecule has 0 saturated carbocycles. The van der Waals surface area contributed by atoms with Gasteiger partial charge in [0, 0.05) is 16.8 Å². The zero-order valence-electron chi connectivity index (χ0n) is 16.3. The van der Waals surface area contributed by atoms with Gasteiger partial charge >= 0.3 is 0 Å². The summed E-state index contributed by atoms with van der Waals surface area (Å²) in [6, 6.07) is 26.4. The Balaban J connectivity index is 1.47. The van der Waals surface area contributed by atoms with Crippen molar-refractivity contribution in [3.05, 3.63) is 113 Å². The molecule has 0 spiro atoms. The van der Waals surface area contributed by atoms with Gasteiger partial charge in [0.25, 0.3) is 0 Å². The van der Waals surface area contributed by atoms with Crippen LogP contribution in [0, 0.1) is 0 Å². The molecule has 0 aromatic heterocycles. The van der Waals surface area contributed by atoms with Gasteiger partial charge < -0.3 is 15.2 Å². The van der Waals surface area contributed by atoms with Crippen LogP contribution in [0.3, 0.4) is 0 Å². The van der Waals surface area contributed by atoms with E-state index in [1.54, 1.807) is 30.3 Å². The van der Waals surface area contributed by atoms with Gasteiger partial charge in [-0.25, -0.2) is 0 Å². The number of ketones is 2. The SMILES string of the molecule is O=C1c2ccccc2C(=O)c2c(Nc3ccc(Oc4ccccc4)cc3)ccc(O)c21. The maximum Gasteiger partial charge on any atom is 0.198 e. The summed E-state index contributed by atoms with van der Waals surface area (Å²) in [4.78, 5) is 26.1. The second kappa shape index (κ2) is 7.46. The molecule has 31 heavy (non-hydrogen) atoms. The molecule has 2 N–H and O–H groups in total. The number of nitrogens with one attached hydrogen (secondary N) is 1. The van der Waals surface area contributed by atoms with E-state index in [1.165, 1.54) is 6.07 Å². The van der Waals surface area contributed by atoms with Crippen LogP contribution in [0.15, 0.2) is 91.0 Å². The summed E-state index contributed by atoms with van der Waals surface area (Å²) >= 11 is 0. The van der Waals surface area contributed by atoms with Crippen LogP contribution >= 0.6 is 0 Å². The van der Waals surface area contributed by atoms with E-state index in [9.17, 15) is 14.7 Å². The fourth-order valence-electron chi connectivity index (χ4n) is 3.70. The van der Waals surface area contributed by atoms with Crippen molar-refractivity contribution in [1.82, 2.24) is 0 Å². The highest BCUT2D eigenvalue weighted by Gasteiger charge is 2.33. The normalized spacial score (nSPS) is 12.1. The molecule has 0 heterocycles. The first-order valence-electron chi connectivity index (χ1n) is 9.76. The zero-order chi connectivity index (χ0) is 21.4. The average molecular weight is 407 g/mol. The minimum atomic E-state index is -0.363. The summed E-state index contributed by atoms with van der Waals surface area (Å²) in [6.07, 6.45) is 0. The number of para-hydroxylation sites is 1. The van der Waals surface area contributed by atoms with Crippen LogP contribution < -0.4 is 10.1 Å². The monoisotopic (exact) mass is 407 g/mol. The van der Waals surface area contributed by atoms with Gasteiger partial charge in [0.15, 0.2) is 11.6 Å². The highest BCUT2D eigenvalue weighted by molar-refractivity contribution is 6.31. The van der Waals surface area contributed by atoms with Crippen molar-refractivity contribution in [1.29, 1.82) is 0 Å². The Kier molecular flexibility index (Phi) is 4.49. The minimum Gasteiger partial charge on any atom is -0.507 e. The molecule has 4 aromatic carbocycles. The average Bonchev–Trinajstić information content (AvgIpc) is 2.80. The van der Waals surface area contributed by atoms with Gasteiger partial charge in [-0.15, -0.1) is 0 Å². The highest BCUT2D eigenvalue weighted by Crippen LogP contribution is 2.38. The van der Waals surface area contributed by atoms with Crippen molar-refractivity contribution < 1.29 is 19.4 Å². The molecule has 150 valence electrons. The van der Waals surface area contributed by atoms with Crippen LogP contribution in [-0.2, 0) is 0 Å². The lowest BCUT2D eigenvalue weighted by atomic mass is 9.82. The lowest BCUT2D eigenvalue weighted by molar-refractivity contribution is 0.0977. The maximum absolute atomic E-state index is 13.2. The van der Waals surface area contributed by atoms with Crippen molar-refractivity contribution in [3.8, 4) is 17.2 Å². The summed E-state index contributed by atoms with van der Waals surface area (Å²) < 4.78 is 5.80. The van der Waals surface area contributed by atoms with E-state index in [0.29, 0.717) is 28.3 Å². The molecule has 0 atom stereocenters. The summed E-state index contributed by atoms with van der Waals surface area (Å²) in [6.45, 7) is 0. The molecule has 0 fully saturated rings. The number of fused-ring (bicyclic) bond motifs is 2. The number of aromatic hydroxyl groups is 1. The van der Waals surface area contributed by atoms with E-state index in [4.69, 9.17) is 4.74 Å². The fourth-order valence-corrected chi connectivity index (χ4v) is 3.70. The van der Waals surface area contributed by atoms with E-state index in [0.717, 1.165) is 5.75 Å². The minimum absolute atomic E-state index is 0.0257. The molecular weight excluding hydrogens is 390 g/mol. The van der Waals surface area contributed by atoms with Crippen LogP contribution in [0.4, 0.5) is 11.4 Å². The van der Waals surface area contributed by atoms with Gasteiger partial charge in [-0.3, -0.25) is 9.59 Å². The number of phenolic OH excluding ortho intramolecular Hbond substituents is 1. The zero-order valence-corrected chi connectivity index (χ0v) is 16.3. The number of carbonyl (C=O) groups is 2. The third-order valence-corrected chi connectivity index (χ3v) is 5.17. The lowest BCUT2D eigenvalue weighted by Gasteiger charge is -2.21. The standard InChI is InChI=1S/C26H17NO4/c28-22-15-14-21(23-24(22)26(30)20-9-5-4-8-19(20)25(23)29)27-16-10-12-18(13-11-16)31-17-6-2-1-3-7-17/h1-15,27-28H. The van der Waals surface area contributed by atoms with Crippen molar-refractivity contribution in [2.75, 3.05) is 5.32 Å². The first-order valence-corrected chi connectivity index (χ1v) is 9.76. The van der Waals surface area contributed by atoms with Gasteiger partial charge in [-0.1, -0.05) is 42.5 Å². The van der Waals surface area contributed by atoms with E-state index in [2.05, 4.69) is 5.32 Å². The van der Waals surface area contributed by atoms with E-state index < -0.39 is 0 Å². The second-order valence-electron chi connectivity index (χ2n) is 7.15. The number of rotatable bonds is 4. The summed E-state index contributed by atoms with van der Waals surface area (Å²) in [5, 5.41) is 13.5. The molecular formula is C26H17NO4. The lowest BCUT2D eigenvalue weighted by Crippen LogP contribution is -2.22. The van der Waals surface area contributed by atoms with Gasteiger partial charge in [-0.05, 0) is 48.5 Å². The summed E-state index contributed by atoms with van der Waals surface area (Å²) in [5.41, 5.74) is 2.01. The van der Waals surface area contributed by atoms with Crippen LogP contribution in [0.1, 0.15) is 31.8 Å². The smallest absolute Gasteiger partial charge is 0.198 e. The van der Waals surface area contributed by atoms with Crippen molar-refractivity contribution in [2.24, 2.45) is 0 Å². The molecule has 0 radical (unpaired) electrons. The Morgan fingerprint density at radius 2 is 1.19 bits per heavy atom.